The van der Waals surface area contributed by atoms with Crippen LogP contribution < -0.4 is 10.5 Å². The molecule has 0 radical (unpaired) electrons. The van der Waals surface area contributed by atoms with Gasteiger partial charge in [-0.05, 0) is 42.0 Å². The molecule has 0 aliphatic heterocycles. The molecule has 2 aromatic carbocycles. The first kappa shape index (κ1) is 16.3. The van der Waals surface area contributed by atoms with E-state index in [0.717, 1.165) is 0 Å². The van der Waals surface area contributed by atoms with Gasteiger partial charge in [-0.25, -0.2) is 9.18 Å². The Balaban J connectivity index is 2.51. The third-order valence-electron chi connectivity index (χ3n) is 2.96. The first-order valence-electron chi connectivity index (χ1n) is 6.57. The van der Waals surface area contributed by atoms with Crippen LogP contribution >= 0.6 is 11.6 Å². The maximum absolute atomic E-state index is 13.2. The zero-order valence-electron chi connectivity index (χ0n) is 11.9. The molecule has 2 aromatic rings. The minimum atomic E-state index is -0.502. The summed E-state index contributed by atoms with van der Waals surface area (Å²) in [6.45, 7) is 0.649. The van der Waals surface area contributed by atoms with E-state index in [1.807, 2.05) is 0 Å². The van der Waals surface area contributed by atoms with Gasteiger partial charge in [-0.1, -0.05) is 11.6 Å². The van der Waals surface area contributed by atoms with Crippen LogP contribution in [-0.4, -0.2) is 26.2 Å². The Labute approximate surface area is 132 Å². The zero-order chi connectivity index (χ0) is 16.1. The molecular weight excluding hydrogens is 309 g/mol. The molecule has 0 unspecified atom stereocenters. The molecule has 0 aromatic heterocycles. The van der Waals surface area contributed by atoms with Crippen LogP contribution in [0.2, 0.25) is 5.02 Å². The number of benzene rings is 2. The van der Waals surface area contributed by atoms with E-state index >= 15 is 0 Å². The van der Waals surface area contributed by atoms with E-state index in [1.54, 1.807) is 24.3 Å². The van der Waals surface area contributed by atoms with Gasteiger partial charge in [0.15, 0.2) is 0 Å². The van der Waals surface area contributed by atoms with Crippen molar-refractivity contribution in [1.82, 2.24) is 0 Å². The number of carbonyl (C=O) groups excluding carboxylic acids is 1. The Morgan fingerprint density at radius 3 is 2.68 bits per heavy atom. The number of carbonyl (C=O) groups is 1. The summed E-state index contributed by atoms with van der Waals surface area (Å²) in [4.78, 5) is 11.8. The van der Waals surface area contributed by atoms with Crippen LogP contribution in [0.4, 0.5) is 4.39 Å². The fourth-order valence-electron chi connectivity index (χ4n) is 1.97. The van der Waals surface area contributed by atoms with Gasteiger partial charge in [0.1, 0.15) is 18.2 Å². The largest absolute Gasteiger partial charge is 0.492 e. The molecule has 6 heteroatoms. The van der Waals surface area contributed by atoms with E-state index < -0.39 is 11.8 Å². The molecule has 2 N–H and O–H groups in total. The Bertz CT molecular complexity index is 691. The lowest BCUT2D eigenvalue weighted by Crippen LogP contribution is -2.11. The first-order chi connectivity index (χ1) is 10.5. The Hall–Kier alpha value is -2.11. The quantitative estimate of drug-likeness (QED) is 0.858. The highest BCUT2D eigenvalue weighted by atomic mass is 35.5. The smallest absolute Gasteiger partial charge is 0.338 e. The average molecular weight is 324 g/mol. The molecule has 4 nitrogen and oxygen atoms in total. The van der Waals surface area contributed by atoms with Crippen molar-refractivity contribution in [1.29, 1.82) is 0 Å². The van der Waals surface area contributed by atoms with Crippen LogP contribution in [0, 0.1) is 5.82 Å². The van der Waals surface area contributed by atoms with E-state index in [2.05, 4.69) is 0 Å². The molecule has 2 rings (SSSR count). The average Bonchev–Trinajstić information content (AvgIpc) is 2.51. The van der Waals surface area contributed by atoms with Crippen molar-refractivity contribution in [3.63, 3.8) is 0 Å². The van der Waals surface area contributed by atoms with Crippen molar-refractivity contribution in [2.24, 2.45) is 5.73 Å². The first-order valence-corrected chi connectivity index (χ1v) is 6.94. The molecule has 0 saturated carbocycles. The van der Waals surface area contributed by atoms with Crippen molar-refractivity contribution in [3.05, 3.63) is 52.8 Å². The highest BCUT2D eigenvalue weighted by molar-refractivity contribution is 6.33. The SMILES string of the molecule is COC(=O)c1cc(OCCN)cc(-c2ccc(F)cc2Cl)c1. The van der Waals surface area contributed by atoms with Gasteiger partial charge in [0.25, 0.3) is 0 Å². The summed E-state index contributed by atoms with van der Waals surface area (Å²) >= 11 is 6.07. The number of nitrogens with two attached hydrogens (primary N) is 1. The molecule has 0 saturated heterocycles. The molecule has 22 heavy (non-hydrogen) atoms. The molecule has 0 amide bonds. The van der Waals surface area contributed by atoms with Crippen LogP contribution in [0.1, 0.15) is 10.4 Å². The number of ether oxygens (including phenoxy) is 2. The molecule has 0 aliphatic carbocycles. The van der Waals surface area contributed by atoms with Crippen LogP contribution in [0.15, 0.2) is 36.4 Å². The minimum Gasteiger partial charge on any atom is -0.492 e. The maximum atomic E-state index is 13.2. The van der Waals surface area contributed by atoms with E-state index in [4.69, 9.17) is 26.8 Å². The van der Waals surface area contributed by atoms with Gasteiger partial charge in [0.2, 0.25) is 0 Å². The Morgan fingerprint density at radius 1 is 1.27 bits per heavy atom. The van der Waals surface area contributed by atoms with Gasteiger partial charge in [0.05, 0.1) is 17.7 Å². The number of halogens is 2. The van der Waals surface area contributed by atoms with Gasteiger partial charge in [-0.3, -0.25) is 0 Å². The Kier molecular flexibility index (Phi) is 5.35. The lowest BCUT2D eigenvalue weighted by molar-refractivity contribution is 0.0600. The van der Waals surface area contributed by atoms with Crippen LogP contribution in [0.3, 0.4) is 0 Å². The van der Waals surface area contributed by atoms with Crippen LogP contribution in [-0.2, 0) is 4.74 Å². The number of esters is 1. The number of methoxy groups -OCH3 is 1. The standard InChI is InChI=1S/C16H15ClFNO3/c1-21-16(20)11-6-10(7-13(8-11)22-5-4-19)14-3-2-12(18)9-15(14)17/h2-3,6-9H,4-5,19H2,1H3. The number of hydrogen-bond acceptors (Lipinski definition) is 4. The lowest BCUT2D eigenvalue weighted by Gasteiger charge is -2.11. The summed E-state index contributed by atoms with van der Waals surface area (Å²) in [5, 5.41) is 0.242. The lowest BCUT2D eigenvalue weighted by atomic mass is 10.0. The van der Waals surface area contributed by atoms with Crippen molar-refractivity contribution in [2.45, 2.75) is 0 Å². The summed E-state index contributed by atoms with van der Waals surface area (Å²) in [5.41, 5.74) is 6.94. The van der Waals surface area contributed by atoms with E-state index in [1.165, 1.54) is 19.2 Å². The topological polar surface area (TPSA) is 61.5 Å². The van der Waals surface area contributed by atoms with E-state index in [0.29, 0.717) is 35.6 Å². The zero-order valence-corrected chi connectivity index (χ0v) is 12.7. The van der Waals surface area contributed by atoms with Crippen molar-refractivity contribution < 1.29 is 18.7 Å². The summed E-state index contributed by atoms with van der Waals surface area (Å²) in [6.07, 6.45) is 0. The second-order valence-electron chi connectivity index (χ2n) is 4.50. The molecule has 0 aliphatic rings. The maximum Gasteiger partial charge on any atom is 0.338 e. The molecule has 0 bridgehead atoms. The molecule has 0 fully saturated rings. The van der Waals surface area contributed by atoms with E-state index in [9.17, 15) is 9.18 Å². The van der Waals surface area contributed by atoms with Gasteiger partial charge in [-0.2, -0.15) is 0 Å². The Morgan fingerprint density at radius 2 is 2.05 bits per heavy atom. The number of rotatable bonds is 5. The fraction of sp³-hybridized carbons (Fsp3) is 0.188. The van der Waals surface area contributed by atoms with Gasteiger partial charge < -0.3 is 15.2 Å². The third kappa shape index (κ3) is 3.75. The monoisotopic (exact) mass is 323 g/mol. The fourth-order valence-corrected chi connectivity index (χ4v) is 2.25. The van der Waals surface area contributed by atoms with Gasteiger partial charge in [0, 0.05) is 12.1 Å². The highest BCUT2D eigenvalue weighted by Crippen LogP contribution is 2.32. The van der Waals surface area contributed by atoms with Crippen molar-refractivity contribution >= 4 is 17.6 Å². The molecule has 0 atom stereocenters. The third-order valence-corrected chi connectivity index (χ3v) is 3.27. The highest BCUT2D eigenvalue weighted by Gasteiger charge is 2.13. The normalized spacial score (nSPS) is 10.4. The van der Waals surface area contributed by atoms with Gasteiger partial charge >= 0.3 is 5.97 Å². The predicted octanol–water partition coefficient (Wildman–Crippen LogP) is 3.27. The predicted molar refractivity (Wildman–Crippen MR) is 82.7 cm³/mol. The molecule has 0 heterocycles. The van der Waals surface area contributed by atoms with Crippen LogP contribution in [0.25, 0.3) is 11.1 Å². The molecule has 0 spiro atoms. The van der Waals surface area contributed by atoms with Gasteiger partial charge in [-0.15, -0.1) is 0 Å². The molecule has 116 valence electrons. The summed E-state index contributed by atoms with van der Waals surface area (Å²) < 4.78 is 23.4. The van der Waals surface area contributed by atoms with E-state index in [-0.39, 0.29) is 5.02 Å². The molecular formula is C16H15ClFNO3. The second kappa shape index (κ2) is 7.24. The van der Waals surface area contributed by atoms with Crippen LogP contribution in [0.5, 0.6) is 5.75 Å². The van der Waals surface area contributed by atoms with Crippen molar-refractivity contribution in [3.8, 4) is 16.9 Å². The summed E-state index contributed by atoms with van der Waals surface area (Å²) in [5.74, 6) is -0.473. The van der Waals surface area contributed by atoms with Crippen molar-refractivity contribution in [2.75, 3.05) is 20.3 Å². The minimum absolute atomic E-state index is 0.242. The number of hydrogen-bond donors (Lipinski definition) is 1. The summed E-state index contributed by atoms with van der Waals surface area (Å²) in [7, 11) is 1.29. The second-order valence-corrected chi connectivity index (χ2v) is 4.91. The summed E-state index contributed by atoms with van der Waals surface area (Å²) in [6, 6.07) is 8.93.